The maximum absolute atomic E-state index is 5.48. The third-order valence-electron chi connectivity index (χ3n) is 2.44. The van der Waals surface area contributed by atoms with Crippen molar-refractivity contribution in [3.8, 4) is 6.01 Å². The van der Waals surface area contributed by atoms with E-state index >= 15 is 0 Å². The van der Waals surface area contributed by atoms with Crippen molar-refractivity contribution in [3.05, 3.63) is 0 Å². The van der Waals surface area contributed by atoms with Gasteiger partial charge in [-0.1, -0.05) is 0 Å². The van der Waals surface area contributed by atoms with Gasteiger partial charge in [-0.05, 0) is 33.6 Å². The van der Waals surface area contributed by atoms with E-state index < -0.39 is 0 Å². The van der Waals surface area contributed by atoms with Crippen LogP contribution in [0.5, 0.6) is 6.01 Å². The predicted molar refractivity (Wildman–Crippen MR) is 79.4 cm³/mol. The van der Waals surface area contributed by atoms with Crippen LogP contribution in [0.4, 0.5) is 11.9 Å². The molecule has 0 saturated heterocycles. The Labute approximate surface area is 120 Å². The first-order valence-electron chi connectivity index (χ1n) is 7.05. The number of anilines is 2. The molecule has 0 aliphatic carbocycles. The second-order valence-electron chi connectivity index (χ2n) is 4.55. The van der Waals surface area contributed by atoms with Crippen molar-refractivity contribution in [2.45, 2.75) is 39.7 Å². The number of rotatable bonds is 10. The average molecular weight is 283 g/mol. The molecule has 1 heterocycles. The van der Waals surface area contributed by atoms with E-state index in [0.717, 1.165) is 32.5 Å². The Morgan fingerprint density at radius 3 is 2.35 bits per heavy atom. The third kappa shape index (κ3) is 6.51. The van der Waals surface area contributed by atoms with Crippen LogP contribution in [0.25, 0.3) is 0 Å². The first-order valence-corrected chi connectivity index (χ1v) is 7.05. The number of ether oxygens (including phenoxy) is 2. The molecule has 2 N–H and O–H groups in total. The van der Waals surface area contributed by atoms with Gasteiger partial charge in [0.25, 0.3) is 0 Å². The maximum Gasteiger partial charge on any atom is 0.322 e. The normalized spacial score (nSPS) is 10.7. The number of unbranched alkanes of at least 4 members (excludes halogenated alkanes) is 1. The molecule has 7 heteroatoms. The summed E-state index contributed by atoms with van der Waals surface area (Å²) in [4.78, 5) is 12.5. The van der Waals surface area contributed by atoms with Gasteiger partial charge in [0.15, 0.2) is 0 Å². The summed E-state index contributed by atoms with van der Waals surface area (Å²) in [5, 5.41) is 6.21. The van der Waals surface area contributed by atoms with Crippen LogP contribution >= 0.6 is 0 Å². The van der Waals surface area contributed by atoms with Crippen LogP contribution in [0.15, 0.2) is 0 Å². The van der Waals surface area contributed by atoms with E-state index in [9.17, 15) is 0 Å². The molecule has 0 radical (unpaired) electrons. The van der Waals surface area contributed by atoms with Crippen LogP contribution in [0.3, 0.4) is 0 Å². The minimum Gasteiger partial charge on any atom is -0.467 e. The Morgan fingerprint density at radius 2 is 1.75 bits per heavy atom. The summed E-state index contributed by atoms with van der Waals surface area (Å²) in [6.45, 7) is 8.38. The number of nitrogens with one attached hydrogen (secondary N) is 2. The molecule has 0 saturated carbocycles. The van der Waals surface area contributed by atoms with Gasteiger partial charge in [-0.3, -0.25) is 0 Å². The van der Waals surface area contributed by atoms with Gasteiger partial charge in [0, 0.05) is 19.7 Å². The monoisotopic (exact) mass is 283 g/mol. The number of nitrogens with zero attached hydrogens (tertiary/aromatic N) is 3. The van der Waals surface area contributed by atoms with E-state index in [0.29, 0.717) is 24.0 Å². The van der Waals surface area contributed by atoms with E-state index in [2.05, 4.69) is 25.6 Å². The summed E-state index contributed by atoms with van der Waals surface area (Å²) in [7, 11) is 1.54. The summed E-state index contributed by atoms with van der Waals surface area (Å²) in [5.74, 6) is 1.04. The zero-order chi connectivity index (χ0) is 14.8. The minimum absolute atomic E-state index is 0.290. The second-order valence-corrected chi connectivity index (χ2v) is 4.55. The number of methoxy groups -OCH3 is 1. The highest BCUT2D eigenvalue weighted by Crippen LogP contribution is 2.10. The van der Waals surface area contributed by atoms with Gasteiger partial charge in [-0.25, -0.2) is 0 Å². The largest absolute Gasteiger partial charge is 0.467 e. The summed E-state index contributed by atoms with van der Waals surface area (Å²) in [5.41, 5.74) is 0. The average Bonchev–Trinajstić information content (AvgIpc) is 2.42. The smallest absolute Gasteiger partial charge is 0.322 e. The van der Waals surface area contributed by atoms with E-state index in [4.69, 9.17) is 9.47 Å². The summed E-state index contributed by atoms with van der Waals surface area (Å²) < 4.78 is 10.5. The molecule has 0 atom stereocenters. The van der Waals surface area contributed by atoms with E-state index in [1.54, 1.807) is 0 Å². The molecule has 1 aromatic rings. The van der Waals surface area contributed by atoms with E-state index in [1.807, 2.05) is 20.8 Å². The Morgan fingerprint density at radius 1 is 1.05 bits per heavy atom. The molecule has 0 bridgehead atoms. The van der Waals surface area contributed by atoms with Gasteiger partial charge in [0.2, 0.25) is 11.9 Å². The van der Waals surface area contributed by atoms with Crippen molar-refractivity contribution in [1.29, 1.82) is 0 Å². The zero-order valence-corrected chi connectivity index (χ0v) is 12.8. The van der Waals surface area contributed by atoms with Gasteiger partial charge in [-0.15, -0.1) is 0 Å². The standard InChI is InChI=1S/C13H25N5O2/c1-5-14-11-16-12(18-13(17-11)19-4)15-8-6-7-9-20-10(2)3/h10H,5-9H2,1-4H3,(H2,14,15,16,17,18). The van der Waals surface area contributed by atoms with Crippen molar-refractivity contribution < 1.29 is 9.47 Å². The minimum atomic E-state index is 0.290. The Kier molecular flexibility index (Phi) is 7.64. The van der Waals surface area contributed by atoms with Crippen molar-refractivity contribution in [1.82, 2.24) is 15.0 Å². The van der Waals surface area contributed by atoms with Crippen molar-refractivity contribution in [2.75, 3.05) is 37.4 Å². The van der Waals surface area contributed by atoms with Crippen LogP contribution in [0.2, 0.25) is 0 Å². The molecule has 0 fully saturated rings. The first kappa shape index (κ1) is 16.4. The van der Waals surface area contributed by atoms with Crippen molar-refractivity contribution in [3.63, 3.8) is 0 Å². The molecule has 114 valence electrons. The molecule has 0 aliphatic heterocycles. The molecular weight excluding hydrogens is 258 g/mol. The molecule has 0 aromatic carbocycles. The van der Waals surface area contributed by atoms with Crippen LogP contribution in [-0.4, -0.2) is 47.9 Å². The fraction of sp³-hybridized carbons (Fsp3) is 0.769. The highest BCUT2D eigenvalue weighted by atomic mass is 16.5. The van der Waals surface area contributed by atoms with Crippen LogP contribution < -0.4 is 15.4 Å². The second kappa shape index (κ2) is 9.30. The van der Waals surface area contributed by atoms with E-state index in [1.165, 1.54) is 7.11 Å². The quantitative estimate of drug-likeness (QED) is 0.635. The molecular formula is C13H25N5O2. The molecule has 0 spiro atoms. The lowest BCUT2D eigenvalue weighted by molar-refractivity contribution is 0.0765. The highest BCUT2D eigenvalue weighted by Gasteiger charge is 2.05. The van der Waals surface area contributed by atoms with Gasteiger partial charge >= 0.3 is 6.01 Å². The van der Waals surface area contributed by atoms with Crippen LogP contribution in [-0.2, 0) is 4.74 Å². The highest BCUT2D eigenvalue weighted by molar-refractivity contribution is 5.35. The van der Waals surface area contributed by atoms with Crippen molar-refractivity contribution in [2.24, 2.45) is 0 Å². The fourth-order valence-electron chi connectivity index (χ4n) is 1.51. The zero-order valence-electron chi connectivity index (χ0n) is 12.8. The Hall–Kier alpha value is -1.63. The lowest BCUT2D eigenvalue weighted by Crippen LogP contribution is -2.11. The summed E-state index contributed by atoms with van der Waals surface area (Å²) in [6.07, 6.45) is 2.29. The molecule has 1 aromatic heterocycles. The maximum atomic E-state index is 5.48. The topological polar surface area (TPSA) is 81.2 Å². The van der Waals surface area contributed by atoms with Crippen molar-refractivity contribution >= 4 is 11.9 Å². The predicted octanol–water partition coefficient (Wildman–Crippen LogP) is 1.93. The number of hydrogen-bond acceptors (Lipinski definition) is 7. The van der Waals surface area contributed by atoms with Gasteiger partial charge in [0.05, 0.1) is 13.2 Å². The van der Waals surface area contributed by atoms with Gasteiger partial charge < -0.3 is 20.1 Å². The molecule has 0 amide bonds. The summed E-state index contributed by atoms with van der Waals surface area (Å²) >= 11 is 0. The molecule has 0 aliphatic rings. The lowest BCUT2D eigenvalue weighted by Gasteiger charge is -2.09. The van der Waals surface area contributed by atoms with E-state index in [-0.39, 0.29) is 0 Å². The number of hydrogen-bond donors (Lipinski definition) is 2. The molecule has 0 unspecified atom stereocenters. The van der Waals surface area contributed by atoms with Crippen LogP contribution in [0, 0.1) is 0 Å². The number of aromatic nitrogens is 3. The third-order valence-corrected chi connectivity index (χ3v) is 2.44. The summed E-state index contributed by atoms with van der Waals surface area (Å²) in [6, 6.07) is 0.307. The SMILES string of the molecule is CCNc1nc(NCCCCOC(C)C)nc(OC)n1. The molecule has 1 rings (SSSR count). The van der Waals surface area contributed by atoms with Gasteiger partial charge in [-0.2, -0.15) is 15.0 Å². The molecule has 7 nitrogen and oxygen atoms in total. The van der Waals surface area contributed by atoms with Crippen LogP contribution in [0.1, 0.15) is 33.6 Å². The lowest BCUT2D eigenvalue weighted by atomic mass is 10.3. The van der Waals surface area contributed by atoms with Gasteiger partial charge in [0.1, 0.15) is 0 Å². The molecule has 20 heavy (non-hydrogen) atoms. The Balaban J connectivity index is 2.36. The Bertz CT molecular complexity index is 387. The first-order chi connectivity index (χ1) is 9.65. The fourth-order valence-corrected chi connectivity index (χ4v) is 1.51.